The van der Waals surface area contributed by atoms with Crippen LogP contribution >= 0.6 is 20.2 Å². The van der Waals surface area contributed by atoms with E-state index in [1.54, 1.807) is 0 Å². The summed E-state index contributed by atoms with van der Waals surface area (Å²) in [6, 6.07) is 0. The lowest BCUT2D eigenvalue weighted by atomic mass is 10.8. The molecule has 0 amide bonds. The molecule has 0 aromatic heterocycles. The van der Waals surface area contributed by atoms with Crippen molar-refractivity contribution in [1.29, 1.82) is 0 Å². The second-order valence-electron chi connectivity index (χ2n) is 1.11. The van der Waals surface area contributed by atoms with Gasteiger partial charge in [-0.2, -0.15) is 0 Å². The topological polar surface area (TPSA) is 0 Å². The Morgan fingerprint density at radius 3 is 2.86 bits per heavy atom. The van der Waals surface area contributed by atoms with E-state index in [0.29, 0.717) is 5.88 Å². The van der Waals surface area contributed by atoms with Gasteiger partial charge < -0.3 is 0 Å². The van der Waals surface area contributed by atoms with Crippen molar-refractivity contribution in [3.8, 4) is 0 Å². The lowest BCUT2D eigenvalue weighted by molar-refractivity contribution is 1.52. The molecule has 0 N–H and O–H groups in total. The highest BCUT2D eigenvalue weighted by molar-refractivity contribution is 7.41. The second-order valence-corrected chi connectivity index (χ2v) is 2.87. The number of hydrogen-bond donors (Lipinski definition) is 0. The molecule has 0 aromatic carbocycles. The average molecular weight is 137 g/mol. The molecule has 0 aliphatic carbocycles. The van der Waals surface area contributed by atoms with Crippen LogP contribution in [0.4, 0.5) is 0 Å². The van der Waals surface area contributed by atoms with Crippen molar-refractivity contribution in [2.45, 2.75) is 6.92 Å². The normalized spacial score (nSPS) is 12.3. The Hall–Kier alpha value is 0.460. The maximum absolute atomic E-state index is 5.35. The predicted molar refractivity (Wildman–Crippen MR) is 38.7 cm³/mol. The summed E-state index contributed by atoms with van der Waals surface area (Å²) in [6.45, 7) is 2.16. The molecule has 0 aromatic rings. The van der Waals surface area contributed by atoms with Crippen LogP contribution in [0.15, 0.2) is 11.9 Å². The second kappa shape index (κ2) is 6.46. The molecule has 0 fully saturated rings. The van der Waals surface area contributed by atoms with Gasteiger partial charge in [0.05, 0.1) is 0 Å². The number of rotatable bonds is 3. The minimum atomic E-state index is 0.660. The summed E-state index contributed by atoms with van der Waals surface area (Å²) in [4.78, 5) is 0. The molecule has 7 heavy (non-hydrogen) atoms. The van der Waals surface area contributed by atoms with E-state index in [0.717, 1.165) is 8.58 Å². The molecule has 0 rings (SSSR count). The summed E-state index contributed by atoms with van der Waals surface area (Å²) in [6.07, 6.45) is 3.23. The average Bonchev–Trinajstić information content (AvgIpc) is 1.69. The zero-order valence-electron chi connectivity index (χ0n) is 4.45. The molecule has 1 atom stereocenters. The van der Waals surface area contributed by atoms with E-state index >= 15 is 0 Å². The fraction of sp³-hybridized carbons (Fsp3) is 0.600. The van der Waals surface area contributed by atoms with Crippen LogP contribution in [-0.4, -0.2) is 12.0 Å². The van der Waals surface area contributed by atoms with Crippen LogP contribution in [0.3, 0.4) is 0 Å². The Morgan fingerprint density at radius 1 is 1.71 bits per heavy atom. The van der Waals surface area contributed by atoms with Crippen molar-refractivity contribution in [3.05, 3.63) is 11.9 Å². The van der Waals surface area contributed by atoms with Crippen molar-refractivity contribution in [3.63, 3.8) is 0 Å². The van der Waals surface area contributed by atoms with Crippen molar-refractivity contribution in [2.24, 2.45) is 0 Å². The van der Waals surface area contributed by atoms with Crippen molar-refractivity contribution < 1.29 is 0 Å². The summed E-state index contributed by atoms with van der Waals surface area (Å²) in [5.74, 6) is 2.79. The Labute approximate surface area is 51.7 Å². The summed E-state index contributed by atoms with van der Waals surface area (Å²) >= 11 is 5.35. The van der Waals surface area contributed by atoms with E-state index in [1.807, 2.05) is 6.08 Å². The Bertz CT molecular complexity index is 52.0. The molecule has 1 unspecified atom stereocenters. The van der Waals surface area contributed by atoms with Gasteiger partial charge in [-0.25, -0.2) is 0 Å². The SMILES string of the molecule is CCP/C=C/CCl. The van der Waals surface area contributed by atoms with Crippen LogP contribution in [0.25, 0.3) is 0 Å². The van der Waals surface area contributed by atoms with Gasteiger partial charge >= 0.3 is 0 Å². The minimum Gasteiger partial charge on any atom is -0.122 e. The highest BCUT2D eigenvalue weighted by atomic mass is 35.5. The minimum absolute atomic E-state index is 0.660. The van der Waals surface area contributed by atoms with Gasteiger partial charge in [-0.15, -0.1) is 11.6 Å². The summed E-state index contributed by atoms with van der Waals surface area (Å²) in [5, 5.41) is 0. The summed E-state index contributed by atoms with van der Waals surface area (Å²) < 4.78 is 0. The van der Waals surface area contributed by atoms with E-state index in [-0.39, 0.29) is 0 Å². The van der Waals surface area contributed by atoms with Crippen molar-refractivity contribution >= 4 is 20.2 Å². The summed E-state index contributed by atoms with van der Waals surface area (Å²) in [5.41, 5.74) is 0. The van der Waals surface area contributed by atoms with Crippen molar-refractivity contribution in [2.75, 3.05) is 12.0 Å². The van der Waals surface area contributed by atoms with Gasteiger partial charge in [-0.3, -0.25) is 0 Å². The third kappa shape index (κ3) is 6.46. The van der Waals surface area contributed by atoms with Gasteiger partial charge in [0.15, 0.2) is 0 Å². The lowest BCUT2D eigenvalue weighted by Gasteiger charge is -1.79. The monoisotopic (exact) mass is 136 g/mol. The first-order valence-electron chi connectivity index (χ1n) is 2.36. The van der Waals surface area contributed by atoms with Crippen LogP contribution < -0.4 is 0 Å². The molecule has 42 valence electrons. The lowest BCUT2D eigenvalue weighted by Crippen LogP contribution is -1.56. The third-order valence-corrected chi connectivity index (χ3v) is 1.59. The Kier molecular flexibility index (Phi) is 6.88. The van der Waals surface area contributed by atoms with Crippen molar-refractivity contribution in [1.82, 2.24) is 0 Å². The molecule has 0 saturated carbocycles. The molecule has 0 saturated heterocycles. The Balaban J connectivity index is 2.78. The molecule has 2 heteroatoms. The molecular formula is C5H10ClP. The Morgan fingerprint density at radius 2 is 2.43 bits per heavy atom. The predicted octanol–water partition coefficient (Wildman–Crippen LogP) is 2.44. The molecule has 0 heterocycles. The van der Waals surface area contributed by atoms with Gasteiger partial charge in [0.25, 0.3) is 0 Å². The molecule has 0 nitrogen and oxygen atoms in total. The molecule has 0 aliphatic rings. The standard InChI is InChI=1S/C5H10ClP/c1-2-7-5-3-4-6/h3,5,7H,2,4H2,1H3/b5-3+. The maximum atomic E-state index is 5.35. The first-order chi connectivity index (χ1) is 3.41. The van der Waals surface area contributed by atoms with Gasteiger partial charge in [0.2, 0.25) is 0 Å². The van der Waals surface area contributed by atoms with Crippen LogP contribution in [0.1, 0.15) is 6.92 Å². The fourth-order valence-corrected chi connectivity index (χ4v) is 1.00. The van der Waals surface area contributed by atoms with Crippen LogP contribution in [0, 0.1) is 0 Å². The number of halogens is 1. The van der Waals surface area contributed by atoms with Crippen LogP contribution in [0.5, 0.6) is 0 Å². The van der Waals surface area contributed by atoms with Crippen LogP contribution in [-0.2, 0) is 0 Å². The van der Waals surface area contributed by atoms with E-state index in [2.05, 4.69) is 12.7 Å². The number of hydrogen-bond acceptors (Lipinski definition) is 0. The van der Waals surface area contributed by atoms with Crippen LogP contribution in [0.2, 0.25) is 0 Å². The molecule has 0 bridgehead atoms. The number of allylic oxidation sites excluding steroid dienone is 1. The van der Waals surface area contributed by atoms with Gasteiger partial charge in [0.1, 0.15) is 0 Å². The highest BCUT2D eigenvalue weighted by Gasteiger charge is 1.68. The van der Waals surface area contributed by atoms with Gasteiger partial charge in [0, 0.05) is 5.88 Å². The maximum Gasteiger partial charge on any atom is 0.0407 e. The van der Waals surface area contributed by atoms with E-state index in [1.165, 1.54) is 6.16 Å². The zero-order chi connectivity index (χ0) is 5.54. The van der Waals surface area contributed by atoms with E-state index in [9.17, 15) is 0 Å². The van der Waals surface area contributed by atoms with Gasteiger partial charge in [-0.1, -0.05) is 27.4 Å². The first-order valence-corrected chi connectivity index (χ1v) is 4.18. The van der Waals surface area contributed by atoms with Gasteiger partial charge in [-0.05, 0) is 6.16 Å². The largest absolute Gasteiger partial charge is 0.122 e. The van der Waals surface area contributed by atoms with E-state index < -0.39 is 0 Å². The molecule has 0 spiro atoms. The smallest absolute Gasteiger partial charge is 0.0407 e. The first kappa shape index (κ1) is 7.46. The third-order valence-electron chi connectivity index (χ3n) is 0.529. The quantitative estimate of drug-likeness (QED) is 0.413. The number of alkyl halides is 1. The molecule has 0 radical (unpaired) electrons. The molecular weight excluding hydrogens is 126 g/mol. The summed E-state index contributed by atoms with van der Waals surface area (Å²) in [7, 11) is 0.957. The molecule has 0 aliphatic heterocycles. The zero-order valence-corrected chi connectivity index (χ0v) is 6.20. The van der Waals surface area contributed by atoms with E-state index in [4.69, 9.17) is 11.6 Å². The fourth-order valence-electron chi connectivity index (χ4n) is 0.246. The highest BCUT2D eigenvalue weighted by Crippen LogP contribution is 2.08.